The van der Waals surface area contributed by atoms with Crippen LogP contribution in [-0.2, 0) is 13.2 Å². The fourth-order valence-electron chi connectivity index (χ4n) is 2.42. The van der Waals surface area contributed by atoms with Crippen LogP contribution in [0.4, 0.5) is 0 Å². The van der Waals surface area contributed by atoms with Gasteiger partial charge in [-0.3, -0.25) is 0 Å². The SMILES string of the molecule is CCOc1cc(CNCC(C)C)cc(Cl)c1OCc1ccc(Cl)c(Cl)c1. The molecular formula is C20H24Cl3NO2. The summed E-state index contributed by atoms with van der Waals surface area (Å²) in [5.41, 5.74) is 1.96. The molecule has 142 valence electrons. The van der Waals surface area contributed by atoms with Crippen LogP contribution in [0.1, 0.15) is 31.9 Å². The van der Waals surface area contributed by atoms with Crippen molar-refractivity contribution in [3.63, 3.8) is 0 Å². The first-order valence-corrected chi connectivity index (χ1v) is 9.76. The first kappa shape index (κ1) is 21.2. The van der Waals surface area contributed by atoms with Gasteiger partial charge in [0.2, 0.25) is 0 Å². The Hall–Kier alpha value is -1.13. The number of benzene rings is 2. The van der Waals surface area contributed by atoms with Crippen LogP contribution in [0, 0.1) is 5.92 Å². The molecule has 0 saturated heterocycles. The number of rotatable bonds is 9. The Balaban J connectivity index is 2.14. The van der Waals surface area contributed by atoms with Gasteiger partial charge in [0, 0.05) is 6.54 Å². The average molecular weight is 417 g/mol. The maximum Gasteiger partial charge on any atom is 0.180 e. The maximum atomic E-state index is 6.45. The summed E-state index contributed by atoms with van der Waals surface area (Å²) in [6, 6.07) is 9.26. The van der Waals surface area contributed by atoms with Gasteiger partial charge in [0.15, 0.2) is 11.5 Å². The van der Waals surface area contributed by atoms with Gasteiger partial charge in [-0.2, -0.15) is 0 Å². The highest BCUT2D eigenvalue weighted by Crippen LogP contribution is 2.37. The minimum Gasteiger partial charge on any atom is -0.490 e. The van der Waals surface area contributed by atoms with E-state index in [1.165, 1.54) is 0 Å². The van der Waals surface area contributed by atoms with Gasteiger partial charge < -0.3 is 14.8 Å². The van der Waals surface area contributed by atoms with Crippen molar-refractivity contribution in [2.45, 2.75) is 33.9 Å². The van der Waals surface area contributed by atoms with Gasteiger partial charge >= 0.3 is 0 Å². The molecule has 0 aliphatic carbocycles. The molecule has 0 fully saturated rings. The highest BCUT2D eigenvalue weighted by molar-refractivity contribution is 6.42. The smallest absolute Gasteiger partial charge is 0.180 e. The molecule has 2 aromatic rings. The Kier molecular flexibility index (Phi) is 8.36. The molecule has 6 heteroatoms. The minimum absolute atomic E-state index is 0.321. The van der Waals surface area contributed by atoms with Crippen LogP contribution in [0.5, 0.6) is 11.5 Å². The van der Waals surface area contributed by atoms with Crippen molar-refractivity contribution < 1.29 is 9.47 Å². The molecule has 0 saturated carbocycles. The topological polar surface area (TPSA) is 30.5 Å². The summed E-state index contributed by atoms with van der Waals surface area (Å²) in [6.45, 7) is 8.80. The molecule has 0 aliphatic rings. The van der Waals surface area contributed by atoms with Crippen LogP contribution in [0.2, 0.25) is 15.1 Å². The zero-order chi connectivity index (χ0) is 19.1. The lowest BCUT2D eigenvalue weighted by Gasteiger charge is -2.16. The predicted molar refractivity (Wildman–Crippen MR) is 110 cm³/mol. The van der Waals surface area contributed by atoms with E-state index in [1.54, 1.807) is 12.1 Å². The molecule has 0 atom stereocenters. The third-order valence-corrected chi connectivity index (χ3v) is 4.64. The van der Waals surface area contributed by atoms with Gasteiger partial charge in [0.1, 0.15) is 6.61 Å². The van der Waals surface area contributed by atoms with Crippen LogP contribution in [0.25, 0.3) is 0 Å². The molecule has 0 aromatic heterocycles. The molecule has 26 heavy (non-hydrogen) atoms. The van der Waals surface area contributed by atoms with Gasteiger partial charge in [0.05, 0.1) is 21.7 Å². The fraction of sp³-hybridized carbons (Fsp3) is 0.400. The average Bonchev–Trinajstić information content (AvgIpc) is 2.57. The van der Waals surface area contributed by atoms with E-state index in [1.807, 2.05) is 25.1 Å². The van der Waals surface area contributed by atoms with E-state index in [2.05, 4.69) is 19.2 Å². The predicted octanol–water partition coefficient (Wildman–Crippen LogP) is 6.37. The molecule has 1 N–H and O–H groups in total. The summed E-state index contributed by atoms with van der Waals surface area (Å²) in [5.74, 6) is 1.76. The molecule has 0 aliphatic heterocycles. The van der Waals surface area contributed by atoms with Crippen LogP contribution in [0.3, 0.4) is 0 Å². The van der Waals surface area contributed by atoms with E-state index in [0.29, 0.717) is 45.7 Å². The molecule has 0 spiro atoms. The van der Waals surface area contributed by atoms with Crippen LogP contribution < -0.4 is 14.8 Å². The third kappa shape index (κ3) is 6.24. The van der Waals surface area contributed by atoms with E-state index in [4.69, 9.17) is 44.3 Å². The van der Waals surface area contributed by atoms with Crippen LogP contribution >= 0.6 is 34.8 Å². The van der Waals surface area contributed by atoms with Gasteiger partial charge in [-0.15, -0.1) is 0 Å². The highest BCUT2D eigenvalue weighted by atomic mass is 35.5. The van der Waals surface area contributed by atoms with Crippen molar-refractivity contribution in [1.29, 1.82) is 0 Å². The number of ether oxygens (including phenoxy) is 2. The molecule has 0 amide bonds. The molecule has 2 rings (SSSR count). The van der Waals surface area contributed by atoms with Gasteiger partial charge in [0.25, 0.3) is 0 Å². The number of hydrogen-bond acceptors (Lipinski definition) is 3. The second kappa shape index (κ2) is 10.3. The first-order valence-electron chi connectivity index (χ1n) is 8.63. The quantitative estimate of drug-likeness (QED) is 0.515. The van der Waals surface area contributed by atoms with Crippen molar-refractivity contribution in [3.8, 4) is 11.5 Å². The number of hydrogen-bond donors (Lipinski definition) is 1. The normalized spacial score (nSPS) is 11.0. The van der Waals surface area contributed by atoms with Crippen molar-refractivity contribution in [1.82, 2.24) is 5.32 Å². The van der Waals surface area contributed by atoms with Gasteiger partial charge in [-0.1, -0.05) is 54.7 Å². The molecule has 0 heterocycles. The summed E-state index contributed by atoms with van der Waals surface area (Å²) in [5, 5.41) is 4.94. The largest absolute Gasteiger partial charge is 0.490 e. The van der Waals surface area contributed by atoms with Crippen molar-refractivity contribution in [2.75, 3.05) is 13.2 Å². The fourth-order valence-corrected chi connectivity index (χ4v) is 3.03. The first-order chi connectivity index (χ1) is 12.4. The standard InChI is InChI=1S/C20H24Cl3NO2/c1-4-25-19-9-15(11-24-10-13(2)3)8-18(23)20(19)26-12-14-5-6-16(21)17(22)7-14/h5-9,13,24H,4,10-12H2,1-3H3. The van der Waals surface area contributed by atoms with E-state index >= 15 is 0 Å². The highest BCUT2D eigenvalue weighted by Gasteiger charge is 2.13. The lowest BCUT2D eigenvalue weighted by Crippen LogP contribution is -2.19. The Bertz CT molecular complexity index is 735. The summed E-state index contributed by atoms with van der Waals surface area (Å²) >= 11 is 18.5. The maximum absolute atomic E-state index is 6.45. The second-order valence-electron chi connectivity index (χ2n) is 6.40. The summed E-state index contributed by atoms with van der Waals surface area (Å²) < 4.78 is 11.7. The van der Waals surface area contributed by atoms with Crippen LogP contribution in [-0.4, -0.2) is 13.2 Å². The van der Waals surface area contributed by atoms with E-state index in [9.17, 15) is 0 Å². The lowest BCUT2D eigenvalue weighted by atomic mass is 10.1. The second-order valence-corrected chi connectivity index (χ2v) is 7.62. The Labute approximate surface area is 170 Å². The number of nitrogens with one attached hydrogen (secondary N) is 1. The van der Waals surface area contributed by atoms with Crippen molar-refractivity contribution >= 4 is 34.8 Å². The molecule has 0 bridgehead atoms. The third-order valence-electron chi connectivity index (χ3n) is 3.62. The van der Waals surface area contributed by atoms with Gasteiger partial charge in [-0.25, -0.2) is 0 Å². The summed E-state index contributed by atoms with van der Waals surface area (Å²) in [6.07, 6.45) is 0. The number of halogens is 3. The molecule has 0 unspecified atom stereocenters. The van der Waals surface area contributed by atoms with Gasteiger partial charge in [-0.05, 0) is 54.8 Å². The van der Waals surface area contributed by atoms with Crippen LogP contribution in [0.15, 0.2) is 30.3 Å². The van der Waals surface area contributed by atoms with Crippen molar-refractivity contribution in [2.24, 2.45) is 5.92 Å². The molecule has 2 aromatic carbocycles. The zero-order valence-electron chi connectivity index (χ0n) is 15.2. The monoisotopic (exact) mass is 415 g/mol. The van der Waals surface area contributed by atoms with E-state index in [-0.39, 0.29) is 0 Å². The van der Waals surface area contributed by atoms with Crippen molar-refractivity contribution in [3.05, 3.63) is 56.5 Å². The minimum atomic E-state index is 0.321. The lowest BCUT2D eigenvalue weighted by molar-refractivity contribution is 0.269. The molecular weight excluding hydrogens is 393 g/mol. The Morgan fingerprint density at radius 1 is 0.923 bits per heavy atom. The summed E-state index contributed by atoms with van der Waals surface area (Å²) in [7, 11) is 0. The summed E-state index contributed by atoms with van der Waals surface area (Å²) in [4.78, 5) is 0. The van der Waals surface area contributed by atoms with E-state index in [0.717, 1.165) is 24.2 Å². The van der Waals surface area contributed by atoms with E-state index < -0.39 is 0 Å². The molecule has 0 radical (unpaired) electrons. The Morgan fingerprint density at radius 2 is 1.65 bits per heavy atom. The molecule has 3 nitrogen and oxygen atoms in total. The zero-order valence-corrected chi connectivity index (χ0v) is 17.5. The Morgan fingerprint density at radius 3 is 2.31 bits per heavy atom.